The Balaban J connectivity index is 2.87. The third kappa shape index (κ3) is 2.12. The Hall–Kier alpha value is -2.74. The maximum absolute atomic E-state index is 11.9. The van der Waals surface area contributed by atoms with Gasteiger partial charge in [-0.1, -0.05) is 36.3 Å². The molecule has 0 aliphatic carbocycles. The molecule has 0 radical (unpaired) electrons. The summed E-state index contributed by atoms with van der Waals surface area (Å²) in [5.74, 6) is 1.98. The number of benzene rings is 1. The van der Waals surface area contributed by atoms with Crippen molar-refractivity contribution >= 4 is 0 Å². The molecule has 0 saturated carbocycles. The number of terminal acetylenes is 1. The number of H-pyrrole nitrogens is 1. The lowest BCUT2D eigenvalue weighted by atomic mass is 10.0. The van der Waals surface area contributed by atoms with Crippen molar-refractivity contribution < 1.29 is 5.11 Å². The molecule has 5 heteroatoms. The Morgan fingerprint density at radius 2 is 1.85 bits per heavy atom. The van der Waals surface area contributed by atoms with Gasteiger partial charge in [0.05, 0.1) is 0 Å². The molecule has 1 aromatic carbocycles. The van der Waals surface area contributed by atoms with Gasteiger partial charge in [-0.2, -0.15) is 0 Å². The molecule has 102 valence electrons. The molecule has 0 saturated heterocycles. The van der Waals surface area contributed by atoms with Crippen molar-refractivity contribution in [3.63, 3.8) is 0 Å². The second-order valence-corrected chi connectivity index (χ2v) is 4.86. The Kier molecular flexibility index (Phi) is 3.24. The monoisotopic (exact) mass is 270 g/mol. The highest BCUT2D eigenvalue weighted by Crippen LogP contribution is 2.27. The van der Waals surface area contributed by atoms with Crippen LogP contribution >= 0.6 is 0 Å². The van der Waals surface area contributed by atoms with Gasteiger partial charge in [0, 0.05) is 0 Å². The van der Waals surface area contributed by atoms with Crippen LogP contribution in [0.2, 0.25) is 0 Å². The zero-order valence-electron chi connectivity index (χ0n) is 11.2. The predicted octanol–water partition coefficient (Wildman–Crippen LogP) is 1.28. The molecule has 0 atom stereocenters. The summed E-state index contributed by atoms with van der Waals surface area (Å²) in [4.78, 5) is 26.0. The highest BCUT2D eigenvalue weighted by atomic mass is 16.3. The van der Waals surface area contributed by atoms with Crippen molar-refractivity contribution in [2.45, 2.75) is 19.4 Å². The second kappa shape index (κ2) is 4.74. The van der Waals surface area contributed by atoms with E-state index in [4.69, 9.17) is 6.42 Å². The molecule has 0 aliphatic rings. The maximum atomic E-state index is 11.9. The van der Waals surface area contributed by atoms with E-state index in [-0.39, 0.29) is 5.56 Å². The minimum absolute atomic E-state index is 0.0218. The molecule has 0 unspecified atom stereocenters. The quantitative estimate of drug-likeness (QED) is 0.807. The first-order valence-electron chi connectivity index (χ1n) is 6.00. The van der Waals surface area contributed by atoms with Gasteiger partial charge in [-0.25, -0.2) is 9.36 Å². The fraction of sp³-hybridized carbons (Fsp3) is 0.200. The molecule has 0 spiro atoms. The third-order valence-corrected chi connectivity index (χ3v) is 3.06. The van der Waals surface area contributed by atoms with Crippen LogP contribution in [0.15, 0.2) is 39.9 Å². The van der Waals surface area contributed by atoms with Crippen LogP contribution in [0.4, 0.5) is 0 Å². The largest absolute Gasteiger partial charge is 0.494 e. The smallest absolute Gasteiger partial charge is 0.332 e. The SMILES string of the molecule is C#CC(C)(C)n1c(O)c(-c2ccccc2)c(=O)[nH]c1=O. The summed E-state index contributed by atoms with van der Waals surface area (Å²) in [6.07, 6.45) is 5.39. The van der Waals surface area contributed by atoms with Crippen LogP contribution in [-0.2, 0) is 5.54 Å². The minimum Gasteiger partial charge on any atom is -0.494 e. The standard InChI is InChI=1S/C15H14N2O3/c1-4-15(2,3)17-13(19)11(12(18)16-14(17)20)10-8-6-5-7-9-10/h1,5-9,19H,2-3H3,(H,16,18,20). The molecule has 0 amide bonds. The number of hydrogen-bond acceptors (Lipinski definition) is 3. The van der Waals surface area contributed by atoms with E-state index in [9.17, 15) is 14.7 Å². The number of nitrogens with one attached hydrogen (secondary N) is 1. The van der Waals surface area contributed by atoms with Crippen LogP contribution in [0.3, 0.4) is 0 Å². The summed E-state index contributed by atoms with van der Waals surface area (Å²) in [5.41, 5.74) is -1.92. The Labute approximate surface area is 115 Å². The van der Waals surface area contributed by atoms with Crippen molar-refractivity contribution in [3.05, 3.63) is 51.2 Å². The van der Waals surface area contributed by atoms with E-state index in [2.05, 4.69) is 10.9 Å². The summed E-state index contributed by atoms with van der Waals surface area (Å²) >= 11 is 0. The molecule has 0 fully saturated rings. The van der Waals surface area contributed by atoms with Gasteiger partial charge in [0.2, 0.25) is 5.88 Å². The van der Waals surface area contributed by atoms with E-state index in [0.717, 1.165) is 4.57 Å². The Bertz CT molecular complexity index is 793. The molecule has 5 nitrogen and oxygen atoms in total. The van der Waals surface area contributed by atoms with Crippen LogP contribution in [0, 0.1) is 12.3 Å². The van der Waals surface area contributed by atoms with E-state index < -0.39 is 22.7 Å². The summed E-state index contributed by atoms with van der Waals surface area (Å²) in [7, 11) is 0. The number of nitrogens with zero attached hydrogens (tertiary/aromatic N) is 1. The lowest BCUT2D eigenvalue weighted by Gasteiger charge is -2.23. The van der Waals surface area contributed by atoms with E-state index in [1.54, 1.807) is 44.2 Å². The van der Waals surface area contributed by atoms with E-state index in [1.165, 1.54) is 0 Å². The summed E-state index contributed by atoms with van der Waals surface area (Å²) in [6, 6.07) is 8.59. The summed E-state index contributed by atoms with van der Waals surface area (Å²) in [5, 5.41) is 10.3. The van der Waals surface area contributed by atoms with Gasteiger partial charge in [-0.05, 0) is 19.4 Å². The molecule has 1 aromatic heterocycles. The highest BCUT2D eigenvalue weighted by Gasteiger charge is 2.25. The van der Waals surface area contributed by atoms with Crippen LogP contribution in [0.1, 0.15) is 13.8 Å². The average molecular weight is 270 g/mol. The highest BCUT2D eigenvalue weighted by molar-refractivity contribution is 5.67. The molecule has 2 N–H and O–H groups in total. The Morgan fingerprint density at radius 1 is 1.25 bits per heavy atom. The van der Waals surface area contributed by atoms with Crippen LogP contribution in [0.5, 0.6) is 5.88 Å². The second-order valence-electron chi connectivity index (χ2n) is 4.86. The molecule has 0 bridgehead atoms. The first-order valence-corrected chi connectivity index (χ1v) is 6.00. The number of aromatic amines is 1. The van der Waals surface area contributed by atoms with E-state index in [0.29, 0.717) is 5.56 Å². The summed E-state index contributed by atoms with van der Waals surface area (Å²) < 4.78 is 0.997. The molecule has 2 rings (SSSR count). The average Bonchev–Trinajstić information content (AvgIpc) is 2.39. The number of aromatic nitrogens is 2. The number of rotatable bonds is 2. The molecule has 20 heavy (non-hydrogen) atoms. The van der Waals surface area contributed by atoms with Crippen molar-refractivity contribution in [1.29, 1.82) is 0 Å². The first-order chi connectivity index (χ1) is 9.38. The zero-order valence-corrected chi connectivity index (χ0v) is 11.2. The lowest BCUT2D eigenvalue weighted by Crippen LogP contribution is -2.40. The fourth-order valence-corrected chi connectivity index (χ4v) is 1.97. The summed E-state index contributed by atoms with van der Waals surface area (Å²) in [6.45, 7) is 3.20. The molecule has 2 aromatic rings. The van der Waals surface area contributed by atoms with Crippen molar-refractivity contribution in [2.24, 2.45) is 0 Å². The minimum atomic E-state index is -1.06. The lowest BCUT2D eigenvalue weighted by molar-refractivity contribution is 0.344. The Morgan fingerprint density at radius 3 is 2.40 bits per heavy atom. The van der Waals surface area contributed by atoms with Gasteiger partial charge in [0.25, 0.3) is 5.56 Å². The van der Waals surface area contributed by atoms with Crippen molar-refractivity contribution in [3.8, 4) is 29.4 Å². The molecular formula is C15H14N2O3. The van der Waals surface area contributed by atoms with Crippen LogP contribution in [0.25, 0.3) is 11.1 Å². The fourth-order valence-electron chi connectivity index (χ4n) is 1.97. The molecule has 0 aliphatic heterocycles. The predicted molar refractivity (Wildman–Crippen MR) is 76.6 cm³/mol. The first kappa shape index (κ1) is 13.7. The number of aromatic hydroxyl groups is 1. The van der Waals surface area contributed by atoms with Crippen molar-refractivity contribution in [1.82, 2.24) is 9.55 Å². The van der Waals surface area contributed by atoms with E-state index >= 15 is 0 Å². The third-order valence-electron chi connectivity index (χ3n) is 3.06. The van der Waals surface area contributed by atoms with E-state index in [1.807, 2.05) is 0 Å². The van der Waals surface area contributed by atoms with Crippen LogP contribution < -0.4 is 11.2 Å². The van der Waals surface area contributed by atoms with Gasteiger partial charge in [0.1, 0.15) is 11.1 Å². The van der Waals surface area contributed by atoms with Crippen LogP contribution in [-0.4, -0.2) is 14.7 Å². The zero-order chi connectivity index (χ0) is 14.9. The molecule has 1 heterocycles. The van der Waals surface area contributed by atoms with Gasteiger partial charge in [0.15, 0.2) is 0 Å². The van der Waals surface area contributed by atoms with Gasteiger partial charge < -0.3 is 5.11 Å². The maximum Gasteiger partial charge on any atom is 0.332 e. The number of hydrogen-bond donors (Lipinski definition) is 2. The topological polar surface area (TPSA) is 75.1 Å². The normalized spacial score (nSPS) is 11.1. The van der Waals surface area contributed by atoms with Crippen molar-refractivity contribution in [2.75, 3.05) is 0 Å². The van der Waals surface area contributed by atoms with Gasteiger partial charge in [-0.3, -0.25) is 9.78 Å². The molecular weight excluding hydrogens is 256 g/mol. The van der Waals surface area contributed by atoms with Gasteiger partial charge in [-0.15, -0.1) is 6.42 Å². The van der Waals surface area contributed by atoms with Gasteiger partial charge >= 0.3 is 5.69 Å².